The van der Waals surface area contributed by atoms with Crippen LogP contribution in [0.1, 0.15) is 16.7 Å². The second-order valence-electron chi connectivity index (χ2n) is 4.38. The molecule has 1 aromatic heterocycles. The van der Waals surface area contributed by atoms with Crippen LogP contribution in [0.25, 0.3) is 0 Å². The lowest BCUT2D eigenvalue weighted by molar-refractivity contribution is -0.115. The summed E-state index contributed by atoms with van der Waals surface area (Å²) in [7, 11) is 0. The number of nitrogens with zero attached hydrogens (tertiary/aromatic N) is 1. The molecule has 1 aromatic carbocycles. The van der Waals surface area contributed by atoms with Crippen molar-refractivity contribution in [1.82, 2.24) is 4.98 Å². The van der Waals surface area contributed by atoms with Gasteiger partial charge in [-0.1, -0.05) is 6.07 Å². The van der Waals surface area contributed by atoms with Crippen LogP contribution in [0.15, 0.2) is 42.7 Å². The fourth-order valence-corrected chi connectivity index (χ4v) is 1.71. The van der Waals surface area contributed by atoms with Crippen molar-refractivity contribution < 1.29 is 4.79 Å². The number of hydrogen-bond acceptors (Lipinski definition) is 2. The predicted molar refractivity (Wildman–Crippen MR) is 72.5 cm³/mol. The maximum Gasteiger partial charge on any atom is 0.228 e. The normalized spacial score (nSPS) is 10.1. The van der Waals surface area contributed by atoms with E-state index in [1.807, 2.05) is 37.3 Å². The molecule has 0 aliphatic rings. The molecule has 3 nitrogen and oxygen atoms in total. The molecule has 1 heterocycles. The average molecular weight is 240 g/mol. The Labute approximate surface area is 107 Å². The van der Waals surface area contributed by atoms with E-state index in [9.17, 15) is 4.79 Å². The molecule has 0 radical (unpaired) electrons. The largest absolute Gasteiger partial charge is 0.326 e. The summed E-state index contributed by atoms with van der Waals surface area (Å²) in [6, 6.07) is 9.61. The van der Waals surface area contributed by atoms with Gasteiger partial charge in [0.25, 0.3) is 0 Å². The van der Waals surface area contributed by atoms with Crippen LogP contribution in [0.5, 0.6) is 0 Å². The van der Waals surface area contributed by atoms with E-state index < -0.39 is 0 Å². The summed E-state index contributed by atoms with van der Waals surface area (Å²) in [5, 5.41) is 2.90. The van der Waals surface area contributed by atoms with Crippen LogP contribution in [0.2, 0.25) is 0 Å². The Kier molecular flexibility index (Phi) is 3.72. The second kappa shape index (κ2) is 5.45. The van der Waals surface area contributed by atoms with Gasteiger partial charge in [-0.25, -0.2) is 0 Å². The van der Waals surface area contributed by atoms with E-state index in [2.05, 4.69) is 17.2 Å². The molecule has 0 saturated heterocycles. The maximum atomic E-state index is 11.8. The van der Waals surface area contributed by atoms with Crippen molar-refractivity contribution >= 4 is 11.6 Å². The Hall–Kier alpha value is -2.16. The summed E-state index contributed by atoms with van der Waals surface area (Å²) < 4.78 is 0. The van der Waals surface area contributed by atoms with Crippen molar-refractivity contribution in [3.05, 3.63) is 59.4 Å². The minimum Gasteiger partial charge on any atom is -0.326 e. The Morgan fingerprint density at radius 1 is 1.11 bits per heavy atom. The van der Waals surface area contributed by atoms with E-state index in [4.69, 9.17) is 0 Å². The molecule has 0 aliphatic heterocycles. The SMILES string of the molecule is Cc1ccc(NC(=O)Cc2ccncc2)cc1C. The van der Waals surface area contributed by atoms with Crippen LogP contribution in [-0.2, 0) is 11.2 Å². The number of pyridine rings is 1. The smallest absolute Gasteiger partial charge is 0.228 e. The summed E-state index contributed by atoms with van der Waals surface area (Å²) in [4.78, 5) is 15.8. The molecule has 2 aromatic rings. The number of nitrogens with one attached hydrogen (secondary N) is 1. The molecular weight excluding hydrogens is 224 g/mol. The maximum absolute atomic E-state index is 11.8. The van der Waals surface area contributed by atoms with Gasteiger partial charge < -0.3 is 5.32 Å². The van der Waals surface area contributed by atoms with Crippen LogP contribution in [0, 0.1) is 13.8 Å². The minimum absolute atomic E-state index is 0.00977. The summed E-state index contributed by atoms with van der Waals surface area (Å²) in [5.41, 5.74) is 4.21. The fraction of sp³-hybridized carbons (Fsp3) is 0.200. The number of hydrogen-bond donors (Lipinski definition) is 1. The van der Waals surface area contributed by atoms with Crippen LogP contribution in [0.3, 0.4) is 0 Å². The number of anilines is 1. The van der Waals surface area contributed by atoms with Crippen molar-refractivity contribution in [2.75, 3.05) is 5.32 Å². The van der Waals surface area contributed by atoms with Gasteiger partial charge in [0.15, 0.2) is 0 Å². The van der Waals surface area contributed by atoms with Crippen LogP contribution >= 0.6 is 0 Å². The number of carbonyl (C=O) groups is 1. The third-order valence-corrected chi connectivity index (χ3v) is 2.90. The topological polar surface area (TPSA) is 42.0 Å². The van der Waals surface area contributed by atoms with Crippen LogP contribution < -0.4 is 5.32 Å². The molecule has 1 N–H and O–H groups in total. The lowest BCUT2D eigenvalue weighted by atomic mass is 10.1. The number of benzene rings is 1. The predicted octanol–water partition coefficient (Wildman–Crippen LogP) is 2.88. The Morgan fingerprint density at radius 3 is 2.50 bits per heavy atom. The zero-order chi connectivity index (χ0) is 13.0. The highest BCUT2D eigenvalue weighted by molar-refractivity contribution is 5.92. The number of carbonyl (C=O) groups excluding carboxylic acids is 1. The second-order valence-corrected chi connectivity index (χ2v) is 4.38. The molecule has 2 rings (SSSR count). The minimum atomic E-state index is -0.00977. The fourth-order valence-electron chi connectivity index (χ4n) is 1.71. The van der Waals surface area contributed by atoms with Gasteiger partial charge in [-0.15, -0.1) is 0 Å². The number of rotatable bonds is 3. The quantitative estimate of drug-likeness (QED) is 0.896. The third-order valence-electron chi connectivity index (χ3n) is 2.90. The van der Waals surface area contributed by atoms with E-state index in [0.717, 1.165) is 11.3 Å². The molecule has 0 atom stereocenters. The van der Waals surface area contributed by atoms with Gasteiger partial charge in [0.1, 0.15) is 0 Å². The van der Waals surface area contributed by atoms with Gasteiger partial charge in [-0.05, 0) is 54.8 Å². The van der Waals surface area contributed by atoms with Crippen LogP contribution in [-0.4, -0.2) is 10.9 Å². The van der Waals surface area contributed by atoms with E-state index in [1.165, 1.54) is 11.1 Å². The van der Waals surface area contributed by atoms with E-state index in [0.29, 0.717) is 6.42 Å². The van der Waals surface area contributed by atoms with Crippen molar-refractivity contribution in [1.29, 1.82) is 0 Å². The molecular formula is C15H16N2O. The first-order valence-electron chi connectivity index (χ1n) is 5.91. The van der Waals surface area contributed by atoms with Gasteiger partial charge in [-0.2, -0.15) is 0 Å². The summed E-state index contributed by atoms with van der Waals surface area (Å²) in [5.74, 6) is -0.00977. The molecule has 1 amide bonds. The monoisotopic (exact) mass is 240 g/mol. The molecule has 0 fully saturated rings. The summed E-state index contributed by atoms with van der Waals surface area (Å²) >= 11 is 0. The van der Waals surface area contributed by atoms with Crippen molar-refractivity contribution in [3.8, 4) is 0 Å². The van der Waals surface area contributed by atoms with Gasteiger partial charge in [-0.3, -0.25) is 9.78 Å². The molecule has 3 heteroatoms. The van der Waals surface area contributed by atoms with Crippen molar-refractivity contribution in [3.63, 3.8) is 0 Å². The first-order chi connectivity index (χ1) is 8.65. The molecule has 0 bridgehead atoms. The molecule has 0 saturated carbocycles. The standard InChI is InChI=1S/C15H16N2O/c1-11-3-4-14(9-12(11)2)17-15(18)10-13-5-7-16-8-6-13/h3-9H,10H2,1-2H3,(H,17,18). The highest BCUT2D eigenvalue weighted by atomic mass is 16.1. The first kappa shape index (κ1) is 12.3. The third kappa shape index (κ3) is 3.17. The van der Waals surface area contributed by atoms with Crippen molar-refractivity contribution in [2.45, 2.75) is 20.3 Å². The average Bonchev–Trinajstić information content (AvgIpc) is 2.35. The number of amides is 1. The molecule has 18 heavy (non-hydrogen) atoms. The highest BCUT2D eigenvalue weighted by Crippen LogP contribution is 2.14. The van der Waals surface area contributed by atoms with E-state index >= 15 is 0 Å². The summed E-state index contributed by atoms with van der Waals surface area (Å²) in [6.07, 6.45) is 3.76. The first-order valence-corrected chi connectivity index (χ1v) is 5.91. The van der Waals surface area contributed by atoms with Crippen molar-refractivity contribution in [2.24, 2.45) is 0 Å². The number of aromatic nitrogens is 1. The lowest BCUT2D eigenvalue weighted by Crippen LogP contribution is -2.14. The lowest BCUT2D eigenvalue weighted by Gasteiger charge is -2.07. The molecule has 0 unspecified atom stereocenters. The zero-order valence-electron chi connectivity index (χ0n) is 10.6. The number of aryl methyl sites for hydroxylation is 2. The Bertz CT molecular complexity index is 550. The van der Waals surface area contributed by atoms with E-state index in [1.54, 1.807) is 12.4 Å². The highest BCUT2D eigenvalue weighted by Gasteiger charge is 2.04. The van der Waals surface area contributed by atoms with Crippen LogP contribution in [0.4, 0.5) is 5.69 Å². The molecule has 92 valence electrons. The van der Waals surface area contributed by atoms with Gasteiger partial charge in [0, 0.05) is 18.1 Å². The Morgan fingerprint density at radius 2 is 1.83 bits per heavy atom. The van der Waals surface area contributed by atoms with E-state index in [-0.39, 0.29) is 5.91 Å². The van der Waals surface area contributed by atoms with Gasteiger partial charge in [0.05, 0.1) is 6.42 Å². The van der Waals surface area contributed by atoms with Gasteiger partial charge >= 0.3 is 0 Å². The zero-order valence-corrected chi connectivity index (χ0v) is 10.6. The van der Waals surface area contributed by atoms with Gasteiger partial charge in [0.2, 0.25) is 5.91 Å². The Balaban J connectivity index is 2.01. The molecule has 0 spiro atoms. The summed E-state index contributed by atoms with van der Waals surface area (Å²) in [6.45, 7) is 4.09. The molecule has 0 aliphatic carbocycles.